The summed E-state index contributed by atoms with van der Waals surface area (Å²) >= 11 is 0. The monoisotopic (exact) mass is 355 g/mol. The van der Waals surface area contributed by atoms with Gasteiger partial charge in [-0.1, -0.05) is 12.1 Å². The zero-order valence-corrected chi connectivity index (χ0v) is 14.0. The Morgan fingerprint density at radius 1 is 1.31 bits per heavy atom. The molecule has 3 aliphatic heterocycles. The minimum absolute atomic E-state index is 0.255. The van der Waals surface area contributed by atoms with Gasteiger partial charge in [0.1, 0.15) is 5.82 Å². The second-order valence-electron chi connectivity index (χ2n) is 7.03. The molecule has 2 unspecified atom stereocenters. The molecule has 134 valence electrons. The predicted octanol–water partition coefficient (Wildman–Crippen LogP) is 1.88. The fourth-order valence-corrected chi connectivity index (χ4v) is 4.46. The van der Waals surface area contributed by atoms with Gasteiger partial charge in [-0.3, -0.25) is 10.0 Å². The van der Waals surface area contributed by atoms with Crippen LogP contribution in [0, 0.1) is 5.82 Å². The molecule has 2 saturated heterocycles. The summed E-state index contributed by atoms with van der Waals surface area (Å²) in [6, 6.07) is 11.9. The van der Waals surface area contributed by atoms with Crippen molar-refractivity contribution in [1.82, 2.24) is 10.8 Å². The predicted molar refractivity (Wildman–Crippen MR) is 91.3 cm³/mol. The number of fused-ring (bicyclic) bond motifs is 1. The molecule has 0 spiro atoms. The number of hydrogen-bond acceptors (Lipinski definition) is 5. The highest BCUT2D eigenvalue weighted by atomic mass is 19.1. The van der Waals surface area contributed by atoms with Crippen LogP contribution in [0.2, 0.25) is 0 Å². The highest BCUT2D eigenvalue weighted by Gasteiger charge is 2.79. The van der Waals surface area contributed by atoms with E-state index < -0.39 is 17.2 Å². The lowest BCUT2D eigenvalue weighted by Crippen LogP contribution is -2.47. The van der Waals surface area contributed by atoms with E-state index in [1.165, 1.54) is 6.07 Å². The quantitative estimate of drug-likeness (QED) is 0.445. The molecule has 2 aromatic carbocycles. The molecule has 5 rings (SSSR count). The molecule has 1 amide bonds. The first-order chi connectivity index (χ1) is 12.6. The van der Waals surface area contributed by atoms with E-state index in [1.54, 1.807) is 23.7 Å². The van der Waals surface area contributed by atoms with Crippen molar-refractivity contribution in [1.29, 1.82) is 0 Å². The SMILES string of the molecule is O=C(NO)c1ccc(CN2c3ccc(F)cc3C34CNCCC23O4)cc1. The van der Waals surface area contributed by atoms with Gasteiger partial charge in [-0.15, -0.1) is 0 Å². The van der Waals surface area contributed by atoms with E-state index in [9.17, 15) is 9.18 Å². The summed E-state index contributed by atoms with van der Waals surface area (Å²) in [5.41, 5.74) is 4.03. The number of rotatable bonds is 3. The molecular weight excluding hydrogens is 337 g/mol. The number of hydroxylamine groups is 1. The molecule has 2 fully saturated rings. The minimum Gasteiger partial charge on any atom is -0.336 e. The maximum absolute atomic E-state index is 13.9. The molecule has 3 N–H and O–H groups in total. The number of benzene rings is 2. The zero-order chi connectivity index (χ0) is 17.9. The molecule has 0 radical (unpaired) electrons. The van der Waals surface area contributed by atoms with Crippen molar-refractivity contribution >= 4 is 11.6 Å². The first-order valence-electron chi connectivity index (χ1n) is 8.62. The number of carbonyl (C=O) groups excluding carboxylic acids is 1. The second kappa shape index (κ2) is 5.26. The minimum atomic E-state index is -0.542. The Balaban J connectivity index is 1.50. The molecule has 0 aromatic heterocycles. The molecule has 2 atom stereocenters. The van der Waals surface area contributed by atoms with Crippen molar-refractivity contribution in [3.63, 3.8) is 0 Å². The lowest BCUT2D eigenvalue weighted by atomic mass is 9.90. The van der Waals surface area contributed by atoms with Crippen molar-refractivity contribution in [3.8, 4) is 0 Å². The fraction of sp³-hybridized carbons (Fsp3) is 0.316. The Bertz CT molecular complexity index is 903. The molecule has 0 aliphatic carbocycles. The highest BCUT2D eigenvalue weighted by molar-refractivity contribution is 5.93. The van der Waals surface area contributed by atoms with Crippen LogP contribution in [0.3, 0.4) is 0 Å². The number of hydrogen-bond donors (Lipinski definition) is 3. The third-order valence-corrected chi connectivity index (χ3v) is 5.73. The zero-order valence-electron chi connectivity index (χ0n) is 14.0. The van der Waals surface area contributed by atoms with E-state index in [2.05, 4.69) is 10.2 Å². The van der Waals surface area contributed by atoms with E-state index in [0.717, 1.165) is 29.8 Å². The van der Waals surface area contributed by atoms with Crippen molar-refractivity contribution < 1.29 is 19.1 Å². The summed E-state index contributed by atoms with van der Waals surface area (Å²) in [5.74, 6) is -0.797. The van der Waals surface area contributed by atoms with E-state index in [-0.39, 0.29) is 5.82 Å². The first kappa shape index (κ1) is 15.7. The van der Waals surface area contributed by atoms with Gasteiger partial charge >= 0.3 is 0 Å². The van der Waals surface area contributed by atoms with Crippen LogP contribution in [-0.2, 0) is 16.9 Å². The Labute approximate surface area is 149 Å². The topological polar surface area (TPSA) is 77.1 Å². The Morgan fingerprint density at radius 3 is 2.88 bits per heavy atom. The maximum atomic E-state index is 13.9. The third kappa shape index (κ3) is 1.93. The molecule has 3 heterocycles. The average molecular weight is 355 g/mol. The highest BCUT2D eigenvalue weighted by Crippen LogP contribution is 2.68. The molecule has 0 saturated carbocycles. The number of halogens is 1. The van der Waals surface area contributed by atoms with Gasteiger partial charge in [0.25, 0.3) is 5.91 Å². The summed E-state index contributed by atoms with van der Waals surface area (Å²) in [5, 5.41) is 12.1. The van der Waals surface area contributed by atoms with Crippen LogP contribution < -0.4 is 15.7 Å². The van der Waals surface area contributed by atoms with Crippen LogP contribution in [0.25, 0.3) is 0 Å². The van der Waals surface area contributed by atoms with Gasteiger partial charge in [-0.25, -0.2) is 9.87 Å². The summed E-state index contributed by atoms with van der Waals surface area (Å²) in [7, 11) is 0. The van der Waals surface area contributed by atoms with Crippen LogP contribution in [0.4, 0.5) is 10.1 Å². The van der Waals surface area contributed by atoms with Gasteiger partial charge in [-0.2, -0.15) is 0 Å². The fourth-order valence-electron chi connectivity index (χ4n) is 4.46. The number of epoxide rings is 1. The van der Waals surface area contributed by atoms with Crippen molar-refractivity contribution in [2.45, 2.75) is 24.3 Å². The largest absolute Gasteiger partial charge is 0.336 e. The lowest BCUT2D eigenvalue weighted by Gasteiger charge is -2.30. The number of piperidine rings is 1. The summed E-state index contributed by atoms with van der Waals surface area (Å²) in [4.78, 5) is 13.7. The van der Waals surface area contributed by atoms with Gasteiger partial charge in [-0.05, 0) is 42.4 Å². The van der Waals surface area contributed by atoms with Crippen molar-refractivity contribution in [3.05, 3.63) is 65.0 Å². The van der Waals surface area contributed by atoms with Crippen LogP contribution in [0.15, 0.2) is 42.5 Å². The van der Waals surface area contributed by atoms with Crippen LogP contribution in [0.1, 0.15) is 27.9 Å². The Hall–Kier alpha value is -2.48. The number of nitrogens with one attached hydrogen (secondary N) is 2. The smallest absolute Gasteiger partial charge is 0.274 e. The van der Waals surface area contributed by atoms with Crippen molar-refractivity contribution in [2.75, 3.05) is 18.0 Å². The molecule has 26 heavy (non-hydrogen) atoms. The molecule has 0 bridgehead atoms. The number of anilines is 1. The van der Waals surface area contributed by atoms with Crippen molar-refractivity contribution in [2.24, 2.45) is 0 Å². The third-order valence-electron chi connectivity index (χ3n) is 5.73. The maximum Gasteiger partial charge on any atom is 0.274 e. The number of nitrogens with zero attached hydrogens (tertiary/aromatic N) is 1. The number of ether oxygens (including phenoxy) is 1. The molecule has 3 aliphatic rings. The van der Waals surface area contributed by atoms with Gasteiger partial charge in [0.2, 0.25) is 0 Å². The lowest BCUT2D eigenvalue weighted by molar-refractivity contribution is 0.0706. The average Bonchev–Trinajstić information content (AvgIpc) is 3.32. The Morgan fingerprint density at radius 2 is 2.12 bits per heavy atom. The van der Waals surface area contributed by atoms with E-state index in [4.69, 9.17) is 9.94 Å². The first-order valence-corrected chi connectivity index (χ1v) is 8.62. The molecule has 6 nitrogen and oxygen atoms in total. The van der Waals surface area contributed by atoms with Crippen LogP contribution in [0.5, 0.6) is 0 Å². The number of amides is 1. The van der Waals surface area contributed by atoms with Gasteiger partial charge in [0.15, 0.2) is 11.3 Å². The molecule has 2 aromatic rings. The summed E-state index contributed by atoms with van der Waals surface area (Å²) in [6.45, 7) is 2.13. The van der Waals surface area contributed by atoms with E-state index >= 15 is 0 Å². The molecular formula is C19H18FN3O3. The van der Waals surface area contributed by atoms with E-state index in [1.807, 2.05) is 18.2 Å². The van der Waals surface area contributed by atoms with Crippen LogP contribution >= 0.6 is 0 Å². The van der Waals surface area contributed by atoms with Gasteiger partial charge in [0, 0.05) is 36.3 Å². The summed E-state index contributed by atoms with van der Waals surface area (Å²) < 4.78 is 20.1. The van der Waals surface area contributed by atoms with E-state index in [0.29, 0.717) is 18.7 Å². The molecule has 7 heteroatoms. The van der Waals surface area contributed by atoms with Crippen LogP contribution in [-0.4, -0.2) is 29.9 Å². The number of carbonyl (C=O) groups is 1. The normalized spacial score (nSPS) is 28.2. The Kier molecular flexibility index (Phi) is 3.19. The van der Waals surface area contributed by atoms with Gasteiger partial charge < -0.3 is 15.0 Å². The second-order valence-corrected chi connectivity index (χ2v) is 7.03. The summed E-state index contributed by atoms with van der Waals surface area (Å²) in [6.07, 6.45) is 0.828. The standard InChI is InChI=1S/C19H18FN3O3/c20-14-5-6-16-15(9-14)18-11-21-8-7-19(18,26-18)23(16)10-12-1-3-13(4-2-12)17(24)22-25/h1-6,9,21,25H,7-8,10-11H2,(H,22,24). The van der Waals surface area contributed by atoms with Gasteiger partial charge in [0.05, 0.1) is 0 Å².